The van der Waals surface area contributed by atoms with Crippen LogP contribution in [0.2, 0.25) is 0 Å². The van der Waals surface area contributed by atoms with Crippen molar-refractivity contribution in [3.05, 3.63) is 0 Å². The van der Waals surface area contributed by atoms with E-state index in [1.54, 1.807) is 0 Å². The van der Waals surface area contributed by atoms with Gasteiger partial charge < -0.3 is 5.48 Å². The quantitative estimate of drug-likeness (QED) is 0.447. The van der Waals surface area contributed by atoms with Crippen molar-refractivity contribution in [1.29, 1.82) is 0 Å². The van der Waals surface area contributed by atoms with Crippen LogP contribution in [-0.2, 0) is 50.3 Å². The SMILES string of the molecule is O.[Co].[Mn].[Ni]. The summed E-state index contributed by atoms with van der Waals surface area (Å²) in [5.41, 5.74) is 0. The molecule has 0 amide bonds. The molecule has 0 aromatic heterocycles. The fourth-order valence-electron chi connectivity index (χ4n) is 0. The number of hydrogen-bond donors (Lipinski definition) is 0. The summed E-state index contributed by atoms with van der Waals surface area (Å²) in [5, 5.41) is 0. The monoisotopic (exact) mass is 190 g/mol. The second kappa shape index (κ2) is 24.8. The van der Waals surface area contributed by atoms with Gasteiger partial charge in [0.05, 0.1) is 0 Å². The molecule has 0 aromatic carbocycles. The van der Waals surface area contributed by atoms with Gasteiger partial charge >= 0.3 is 0 Å². The van der Waals surface area contributed by atoms with Crippen molar-refractivity contribution in [2.24, 2.45) is 0 Å². The summed E-state index contributed by atoms with van der Waals surface area (Å²) in [6, 6.07) is 0. The molecular formula is H2CoMnNiO. The molecule has 0 fully saturated rings. The Morgan fingerprint density at radius 2 is 1.00 bits per heavy atom. The Labute approximate surface area is 55.8 Å². The summed E-state index contributed by atoms with van der Waals surface area (Å²) < 4.78 is 0. The van der Waals surface area contributed by atoms with Crippen LogP contribution in [0.4, 0.5) is 0 Å². The first kappa shape index (κ1) is 50.2. The standard InChI is InChI=1S/Co.Mn.Ni.H2O/h;;;1H2. The van der Waals surface area contributed by atoms with E-state index in [0.29, 0.717) is 0 Å². The van der Waals surface area contributed by atoms with Gasteiger partial charge in [-0.2, -0.15) is 0 Å². The van der Waals surface area contributed by atoms with Crippen molar-refractivity contribution < 1.29 is 55.8 Å². The molecule has 4 heteroatoms. The molecule has 0 unspecified atom stereocenters. The molecule has 2 radical (unpaired) electrons. The maximum absolute atomic E-state index is 0. The van der Waals surface area contributed by atoms with Gasteiger partial charge in [0.15, 0.2) is 0 Å². The smallest absolute Gasteiger partial charge is 0 e. The van der Waals surface area contributed by atoms with Gasteiger partial charge in [-0.25, -0.2) is 0 Å². The fourth-order valence-corrected chi connectivity index (χ4v) is 0. The summed E-state index contributed by atoms with van der Waals surface area (Å²) in [5.74, 6) is 0. The normalized spacial score (nSPS) is 0. The van der Waals surface area contributed by atoms with Gasteiger partial charge in [0.1, 0.15) is 0 Å². The van der Waals surface area contributed by atoms with Crippen molar-refractivity contribution in [3.8, 4) is 0 Å². The molecule has 0 atom stereocenters. The van der Waals surface area contributed by atoms with Crippen LogP contribution in [0.15, 0.2) is 0 Å². The molecule has 0 saturated heterocycles. The van der Waals surface area contributed by atoms with E-state index < -0.39 is 0 Å². The van der Waals surface area contributed by atoms with Crippen LogP contribution >= 0.6 is 0 Å². The van der Waals surface area contributed by atoms with Crippen LogP contribution in [0, 0.1) is 0 Å². The molecule has 0 saturated carbocycles. The van der Waals surface area contributed by atoms with Gasteiger partial charge in [-0.15, -0.1) is 0 Å². The van der Waals surface area contributed by atoms with Gasteiger partial charge in [-0.3, -0.25) is 0 Å². The zero-order valence-electron chi connectivity index (χ0n) is 1.53. The van der Waals surface area contributed by atoms with Gasteiger partial charge in [-0.1, -0.05) is 0 Å². The molecule has 0 heterocycles. The summed E-state index contributed by atoms with van der Waals surface area (Å²) >= 11 is 0. The second-order valence-electron chi connectivity index (χ2n) is 0. The van der Waals surface area contributed by atoms with E-state index in [9.17, 15) is 0 Å². The Balaban J connectivity index is 0. The summed E-state index contributed by atoms with van der Waals surface area (Å²) in [4.78, 5) is 0. The van der Waals surface area contributed by atoms with Crippen LogP contribution in [0.25, 0.3) is 0 Å². The summed E-state index contributed by atoms with van der Waals surface area (Å²) in [6.45, 7) is 0. The van der Waals surface area contributed by atoms with Crippen LogP contribution in [0.1, 0.15) is 0 Å². The molecular weight excluding hydrogens is 189 g/mol. The predicted molar refractivity (Wildman–Crippen MR) is 3.61 cm³/mol. The van der Waals surface area contributed by atoms with E-state index in [0.717, 1.165) is 0 Å². The molecule has 1 nitrogen and oxygen atoms in total. The molecule has 0 spiro atoms. The van der Waals surface area contributed by atoms with Crippen molar-refractivity contribution in [2.75, 3.05) is 0 Å². The van der Waals surface area contributed by atoms with Crippen LogP contribution in [0.3, 0.4) is 0 Å². The third kappa shape index (κ3) is 9.77. The third-order valence-electron chi connectivity index (χ3n) is 0. The Kier molecular flexibility index (Phi) is 311. The molecule has 0 aliphatic heterocycles. The molecule has 0 aromatic rings. The predicted octanol–water partition coefficient (Wildman–Crippen LogP) is -0.832. The van der Waals surface area contributed by atoms with Crippen molar-refractivity contribution >= 4 is 0 Å². The molecule has 34 valence electrons. The van der Waals surface area contributed by atoms with E-state index >= 15 is 0 Å². The van der Waals surface area contributed by atoms with Gasteiger partial charge in [0, 0.05) is 50.3 Å². The minimum atomic E-state index is 0. The van der Waals surface area contributed by atoms with Crippen LogP contribution in [0.5, 0.6) is 0 Å². The van der Waals surface area contributed by atoms with E-state index in [1.165, 1.54) is 0 Å². The molecule has 4 heavy (non-hydrogen) atoms. The summed E-state index contributed by atoms with van der Waals surface area (Å²) in [7, 11) is 0. The minimum absolute atomic E-state index is 0. The first-order valence-corrected chi connectivity index (χ1v) is 0. The average molecular weight is 191 g/mol. The molecule has 0 bridgehead atoms. The Hall–Kier alpha value is 1.48. The first-order valence-electron chi connectivity index (χ1n) is 0. The van der Waals surface area contributed by atoms with E-state index in [2.05, 4.69) is 0 Å². The first-order chi connectivity index (χ1) is 0. The second-order valence-corrected chi connectivity index (χ2v) is 0. The fraction of sp³-hybridized carbons (Fsp3) is 0. The number of rotatable bonds is 0. The van der Waals surface area contributed by atoms with Gasteiger partial charge in [0.2, 0.25) is 0 Å². The Bertz CT molecular complexity index is 8.00. The topological polar surface area (TPSA) is 31.5 Å². The average Bonchev–Trinajstić information content (AvgIpc) is 0. The van der Waals surface area contributed by atoms with E-state index in [1.807, 2.05) is 0 Å². The number of hydrogen-bond acceptors (Lipinski definition) is 0. The van der Waals surface area contributed by atoms with E-state index in [4.69, 9.17) is 0 Å². The zero-order chi connectivity index (χ0) is 0. The molecule has 0 aliphatic carbocycles. The van der Waals surface area contributed by atoms with Crippen molar-refractivity contribution in [1.82, 2.24) is 0 Å². The van der Waals surface area contributed by atoms with Crippen molar-refractivity contribution in [2.45, 2.75) is 0 Å². The van der Waals surface area contributed by atoms with Crippen LogP contribution < -0.4 is 0 Å². The molecule has 2 N–H and O–H groups in total. The molecule has 0 aliphatic rings. The summed E-state index contributed by atoms with van der Waals surface area (Å²) in [6.07, 6.45) is 0. The third-order valence-corrected chi connectivity index (χ3v) is 0. The Morgan fingerprint density at radius 3 is 1.00 bits per heavy atom. The zero-order valence-corrected chi connectivity index (χ0v) is 4.74. The largest absolute Gasteiger partial charge is 0.412 e. The van der Waals surface area contributed by atoms with Crippen LogP contribution in [-0.4, -0.2) is 5.48 Å². The maximum Gasteiger partial charge on any atom is 0 e. The van der Waals surface area contributed by atoms with Gasteiger partial charge in [0.25, 0.3) is 0 Å². The maximum atomic E-state index is 0. The minimum Gasteiger partial charge on any atom is -0.412 e. The van der Waals surface area contributed by atoms with Crippen molar-refractivity contribution in [3.63, 3.8) is 0 Å². The Morgan fingerprint density at radius 1 is 1.00 bits per heavy atom. The van der Waals surface area contributed by atoms with E-state index in [-0.39, 0.29) is 55.8 Å². The molecule has 0 rings (SSSR count). The van der Waals surface area contributed by atoms with Gasteiger partial charge in [-0.05, 0) is 0 Å².